The Kier molecular flexibility index (Phi) is 5.12. The highest BCUT2D eigenvalue weighted by Crippen LogP contribution is 2.47. The van der Waals surface area contributed by atoms with E-state index in [1.165, 1.54) is 6.92 Å². The van der Waals surface area contributed by atoms with E-state index in [2.05, 4.69) is 27.4 Å². The first kappa shape index (κ1) is 19.6. The molecule has 154 valence electrons. The lowest BCUT2D eigenvalue weighted by Crippen LogP contribution is -2.44. The van der Waals surface area contributed by atoms with Gasteiger partial charge in [0.1, 0.15) is 0 Å². The van der Waals surface area contributed by atoms with Gasteiger partial charge in [0, 0.05) is 44.7 Å². The van der Waals surface area contributed by atoms with Crippen molar-refractivity contribution in [2.45, 2.75) is 39.2 Å². The Morgan fingerprint density at radius 1 is 1.28 bits per heavy atom. The number of benzene rings is 1. The van der Waals surface area contributed by atoms with Crippen molar-refractivity contribution in [3.05, 3.63) is 41.5 Å². The lowest BCUT2D eigenvalue weighted by atomic mass is 9.76. The number of rotatable bonds is 3. The van der Waals surface area contributed by atoms with Gasteiger partial charge < -0.3 is 14.7 Å². The van der Waals surface area contributed by atoms with Crippen molar-refractivity contribution in [2.75, 3.05) is 32.0 Å². The van der Waals surface area contributed by atoms with E-state index in [9.17, 15) is 9.59 Å². The minimum absolute atomic E-state index is 0.0174. The molecule has 2 saturated heterocycles. The number of hydrogen-bond donors (Lipinski definition) is 1. The zero-order valence-electron chi connectivity index (χ0n) is 17.1. The number of carbonyl (C=O) groups excluding carboxylic acids is 2. The van der Waals surface area contributed by atoms with E-state index < -0.39 is 0 Å². The molecule has 8 heteroatoms. The van der Waals surface area contributed by atoms with Crippen molar-refractivity contribution in [1.82, 2.24) is 19.9 Å². The molecule has 0 saturated carbocycles. The van der Waals surface area contributed by atoms with Crippen molar-refractivity contribution < 1.29 is 14.1 Å². The number of aromatic nitrogens is 2. The fraction of sp³-hybridized carbons (Fsp3) is 0.524. The minimum Gasteiger partial charge on any atom is -0.340 e. The third kappa shape index (κ3) is 4.03. The predicted octanol–water partition coefficient (Wildman–Crippen LogP) is 2.64. The molecule has 1 unspecified atom stereocenters. The molecule has 29 heavy (non-hydrogen) atoms. The molecule has 4 rings (SSSR count). The van der Waals surface area contributed by atoms with Crippen LogP contribution in [0.3, 0.4) is 0 Å². The van der Waals surface area contributed by atoms with E-state index in [0.29, 0.717) is 17.1 Å². The van der Waals surface area contributed by atoms with Gasteiger partial charge in [0.2, 0.25) is 11.8 Å². The van der Waals surface area contributed by atoms with E-state index in [-0.39, 0.29) is 23.3 Å². The molecule has 0 aliphatic carbocycles. The van der Waals surface area contributed by atoms with Crippen molar-refractivity contribution >= 4 is 17.5 Å². The Labute approximate surface area is 170 Å². The van der Waals surface area contributed by atoms with Crippen molar-refractivity contribution in [3.8, 4) is 0 Å². The summed E-state index contributed by atoms with van der Waals surface area (Å²) in [4.78, 5) is 32.9. The first-order valence-corrected chi connectivity index (χ1v) is 10.0. The molecule has 1 N–H and O–H groups in total. The van der Waals surface area contributed by atoms with Gasteiger partial charge in [-0.3, -0.25) is 14.5 Å². The number of anilines is 1. The second-order valence-corrected chi connectivity index (χ2v) is 8.36. The molecule has 1 atom stereocenters. The van der Waals surface area contributed by atoms with Gasteiger partial charge in [0.05, 0.1) is 6.04 Å². The second-order valence-electron chi connectivity index (χ2n) is 8.36. The van der Waals surface area contributed by atoms with E-state index in [1.54, 1.807) is 24.3 Å². The number of nitrogens with zero attached hydrogens (tertiary/aromatic N) is 4. The quantitative estimate of drug-likeness (QED) is 0.856. The topological polar surface area (TPSA) is 91.6 Å². The maximum absolute atomic E-state index is 13.0. The third-order valence-electron chi connectivity index (χ3n) is 6.13. The number of hydrogen-bond acceptors (Lipinski definition) is 6. The molecule has 1 aromatic heterocycles. The highest BCUT2D eigenvalue weighted by molar-refractivity contribution is 5.96. The molecule has 2 aliphatic rings. The molecule has 0 radical (unpaired) electrons. The lowest BCUT2D eigenvalue weighted by molar-refractivity contribution is -0.114. The van der Waals surface area contributed by atoms with Crippen LogP contribution in [0.25, 0.3) is 0 Å². The normalized spacial score (nSPS) is 21.5. The predicted molar refractivity (Wildman–Crippen MR) is 107 cm³/mol. The SMILES string of the molecule is CC(=O)Nc1cccc(C(=O)N2CCC3(CC2)CC(c2noc(C)n2)N(C)C3)c1. The minimum atomic E-state index is -0.147. The first-order chi connectivity index (χ1) is 13.8. The number of likely N-dealkylation sites (tertiary alicyclic amines) is 2. The first-order valence-electron chi connectivity index (χ1n) is 10.0. The summed E-state index contributed by atoms with van der Waals surface area (Å²) in [5, 5.41) is 6.85. The van der Waals surface area contributed by atoms with Crippen molar-refractivity contribution in [2.24, 2.45) is 5.41 Å². The number of amides is 2. The Morgan fingerprint density at radius 2 is 2.03 bits per heavy atom. The zero-order valence-corrected chi connectivity index (χ0v) is 17.1. The van der Waals surface area contributed by atoms with Gasteiger partial charge in [0.25, 0.3) is 5.91 Å². The molecule has 8 nitrogen and oxygen atoms in total. The van der Waals surface area contributed by atoms with Crippen molar-refractivity contribution in [3.63, 3.8) is 0 Å². The Balaban J connectivity index is 1.40. The molecule has 2 aromatic rings. The molecule has 1 aromatic carbocycles. The van der Waals surface area contributed by atoms with Gasteiger partial charge in [-0.25, -0.2) is 0 Å². The zero-order chi connectivity index (χ0) is 20.6. The van der Waals surface area contributed by atoms with Crippen LogP contribution >= 0.6 is 0 Å². The Morgan fingerprint density at radius 3 is 2.69 bits per heavy atom. The average Bonchev–Trinajstić information content (AvgIpc) is 3.25. The molecular weight excluding hydrogens is 370 g/mol. The second kappa shape index (κ2) is 7.59. The molecule has 2 aliphatic heterocycles. The average molecular weight is 397 g/mol. The smallest absolute Gasteiger partial charge is 0.253 e. The molecular formula is C21H27N5O3. The summed E-state index contributed by atoms with van der Waals surface area (Å²) in [6, 6.07) is 7.30. The van der Waals surface area contributed by atoms with Crippen LogP contribution in [-0.2, 0) is 4.79 Å². The van der Waals surface area contributed by atoms with E-state index in [0.717, 1.165) is 44.7 Å². The number of piperidine rings is 1. The number of aryl methyl sites for hydroxylation is 1. The van der Waals surface area contributed by atoms with Gasteiger partial charge in [-0.15, -0.1) is 0 Å². The van der Waals surface area contributed by atoms with Gasteiger partial charge in [0.15, 0.2) is 5.82 Å². The van der Waals surface area contributed by atoms with E-state index in [1.807, 2.05) is 11.8 Å². The Bertz CT molecular complexity index is 917. The molecule has 3 heterocycles. The molecule has 0 bridgehead atoms. The lowest BCUT2D eigenvalue weighted by Gasteiger charge is -2.39. The maximum Gasteiger partial charge on any atom is 0.253 e. The van der Waals surface area contributed by atoms with Crippen molar-refractivity contribution in [1.29, 1.82) is 0 Å². The maximum atomic E-state index is 13.0. The molecule has 2 amide bonds. The number of carbonyl (C=O) groups is 2. The van der Waals surface area contributed by atoms with Crippen LogP contribution in [0.5, 0.6) is 0 Å². The monoisotopic (exact) mass is 397 g/mol. The van der Waals surface area contributed by atoms with Gasteiger partial charge in [-0.1, -0.05) is 11.2 Å². The third-order valence-corrected chi connectivity index (χ3v) is 6.13. The molecule has 1 spiro atoms. The summed E-state index contributed by atoms with van der Waals surface area (Å²) in [5.74, 6) is 1.22. The van der Waals surface area contributed by atoms with Gasteiger partial charge in [-0.2, -0.15) is 4.98 Å². The van der Waals surface area contributed by atoms with Crippen LogP contribution < -0.4 is 5.32 Å². The summed E-state index contributed by atoms with van der Waals surface area (Å²) in [7, 11) is 2.11. The van der Waals surface area contributed by atoms with Crippen LogP contribution in [0.1, 0.15) is 54.3 Å². The van der Waals surface area contributed by atoms with Crippen LogP contribution in [0.4, 0.5) is 5.69 Å². The van der Waals surface area contributed by atoms with Gasteiger partial charge >= 0.3 is 0 Å². The highest BCUT2D eigenvalue weighted by Gasteiger charge is 2.46. The highest BCUT2D eigenvalue weighted by atomic mass is 16.5. The summed E-state index contributed by atoms with van der Waals surface area (Å²) in [6.07, 6.45) is 2.91. The standard InChI is InChI=1S/C21H27N5O3/c1-14(27)22-17-6-4-5-16(11-17)20(28)26-9-7-21(8-10-26)12-18(25(3)13-21)19-23-15(2)29-24-19/h4-6,11,18H,7-10,12-13H2,1-3H3,(H,22,27). The summed E-state index contributed by atoms with van der Waals surface area (Å²) in [6.45, 7) is 5.71. The molecule has 2 fully saturated rings. The largest absolute Gasteiger partial charge is 0.340 e. The van der Waals surface area contributed by atoms with Crippen LogP contribution in [0.15, 0.2) is 28.8 Å². The van der Waals surface area contributed by atoms with Gasteiger partial charge in [-0.05, 0) is 49.9 Å². The Hall–Kier alpha value is -2.74. The number of nitrogens with one attached hydrogen (secondary N) is 1. The van der Waals surface area contributed by atoms with E-state index >= 15 is 0 Å². The fourth-order valence-corrected chi connectivity index (χ4v) is 4.67. The van der Waals surface area contributed by atoms with Crippen LogP contribution in [0.2, 0.25) is 0 Å². The van der Waals surface area contributed by atoms with Crippen LogP contribution in [0, 0.1) is 12.3 Å². The van der Waals surface area contributed by atoms with E-state index in [4.69, 9.17) is 4.52 Å². The van der Waals surface area contributed by atoms with Crippen LogP contribution in [-0.4, -0.2) is 58.4 Å². The summed E-state index contributed by atoms with van der Waals surface area (Å²) >= 11 is 0. The fourth-order valence-electron chi connectivity index (χ4n) is 4.67. The summed E-state index contributed by atoms with van der Waals surface area (Å²) in [5.41, 5.74) is 1.44. The summed E-state index contributed by atoms with van der Waals surface area (Å²) < 4.78 is 5.17.